The van der Waals surface area contributed by atoms with E-state index in [1.807, 2.05) is 84.5 Å². The molecule has 0 spiro atoms. The van der Waals surface area contributed by atoms with Crippen molar-refractivity contribution in [3.05, 3.63) is 108 Å². The fourth-order valence-electron chi connectivity index (χ4n) is 3.48. The van der Waals surface area contributed by atoms with Crippen molar-refractivity contribution in [2.75, 3.05) is 0 Å². The minimum absolute atomic E-state index is 0.231. The summed E-state index contributed by atoms with van der Waals surface area (Å²) >= 11 is 0. The van der Waals surface area contributed by atoms with Gasteiger partial charge in [-0.25, -0.2) is 5.43 Å². The molecule has 5 nitrogen and oxygen atoms in total. The Hall–Kier alpha value is -3.86. The molecule has 5 heteroatoms. The van der Waals surface area contributed by atoms with Gasteiger partial charge in [-0.1, -0.05) is 12.1 Å². The topological polar surface area (TPSA) is 51.3 Å². The van der Waals surface area contributed by atoms with E-state index in [9.17, 15) is 4.79 Å². The summed E-state index contributed by atoms with van der Waals surface area (Å²) in [6.45, 7) is 6.01. The highest BCUT2D eigenvalue weighted by Crippen LogP contribution is 2.17. The highest BCUT2D eigenvalue weighted by molar-refractivity contribution is 6.01. The highest BCUT2D eigenvalue weighted by Gasteiger charge is 2.08. The van der Waals surface area contributed by atoms with Crippen molar-refractivity contribution < 1.29 is 4.79 Å². The second kappa shape index (κ2) is 8.25. The lowest BCUT2D eigenvalue weighted by Gasteiger charge is -2.10. The summed E-state index contributed by atoms with van der Waals surface area (Å²) < 4.78 is 4.19. The van der Waals surface area contributed by atoms with E-state index in [0.29, 0.717) is 5.56 Å². The van der Waals surface area contributed by atoms with Gasteiger partial charge in [0.05, 0.1) is 5.71 Å². The predicted molar refractivity (Wildman–Crippen MR) is 121 cm³/mol. The molecule has 150 valence electrons. The third kappa shape index (κ3) is 3.96. The largest absolute Gasteiger partial charge is 0.324 e. The maximum atomic E-state index is 12.5. The van der Waals surface area contributed by atoms with E-state index in [4.69, 9.17) is 0 Å². The number of aromatic nitrogens is 2. The summed E-state index contributed by atoms with van der Waals surface area (Å²) in [5.74, 6) is -0.231. The molecule has 2 aromatic heterocycles. The van der Waals surface area contributed by atoms with Crippen LogP contribution in [0.25, 0.3) is 11.4 Å². The third-order valence-corrected chi connectivity index (χ3v) is 5.17. The molecular formula is C25H24N4O. The van der Waals surface area contributed by atoms with Gasteiger partial charge in [-0.2, -0.15) is 5.10 Å². The van der Waals surface area contributed by atoms with Crippen LogP contribution < -0.4 is 5.43 Å². The first-order valence-electron chi connectivity index (χ1n) is 9.87. The van der Waals surface area contributed by atoms with Crippen LogP contribution in [0.3, 0.4) is 0 Å². The Morgan fingerprint density at radius 3 is 1.90 bits per heavy atom. The molecule has 1 amide bonds. The molecule has 0 aliphatic rings. The van der Waals surface area contributed by atoms with Gasteiger partial charge in [0.2, 0.25) is 0 Å². The van der Waals surface area contributed by atoms with E-state index >= 15 is 0 Å². The zero-order chi connectivity index (χ0) is 21.1. The number of carbonyl (C=O) groups is 1. The fraction of sp³-hybridized carbons (Fsp3) is 0.120. The Kier molecular flexibility index (Phi) is 5.35. The van der Waals surface area contributed by atoms with Crippen molar-refractivity contribution in [1.82, 2.24) is 14.6 Å². The van der Waals surface area contributed by atoms with Gasteiger partial charge in [0.25, 0.3) is 5.91 Å². The third-order valence-electron chi connectivity index (χ3n) is 5.17. The van der Waals surface area contributed by atoms with Crippen molar-refractivity contribution in [1.29, 1.82) is 0 Å². The van der Waals surface area contributed by atoms with E-state index in [-0.39, 0.29) is 5.91 Å². The number of hydrogen-bond donors (Lipinski definition) is 1. The van der Waals surface area contributed by atoms with Gasteiger partial charge in [-0.3, -0.25) is 4.79 Å². The Labute approximate surface area is 176 Å². The Bertz CT molecular complexity index is 1160. The highest BCUT2D eigenvalue weighted by atomic mass is 16.2. The molecule has 4 rings (SSSR count). The van der Waals surface area contributed by atoms with Crippen molar-refractivity contribution in [2.24, 2.45) is 5.10 Å². The normalized spacial score (nSPS) is 11.5. The van der Waals surface area contributed by atoms with Gasteiger partial charge in [-0.15, -0.1) is 0 Å². The second-order valence-corrected chi connectivity index (χ2v) is 7.27. The first-order valence-corrected chi connectivity index (χ1v) is 9.87. The summed E-state index contributed by atoms with van der Waals surface area (Å²) in [5.41, 5.74) is 9.36. The van der Waals surface area contributed by atoms with E-state index in [2.05, 4.69) is 41.1 Å². The number of hydrazone groups is 1. The molecule has 1 N–H and O–H groups in total. The van der Waals surface area contributed by atoms with E-state index in [0.717, 1.165) is 34.0 Å². The smallest absolute Gasteiger partial charge is 0.271 e. The van der Waals surface area contributed by atoms with Gasteiger partial charge >= 0.3 is 0 Å². The second-order valence-electron chi connectivity index (χ2n) is 7.27. The van der Waals surface area contributed by atoms with Crippen LogP contribution in [0.5, 0.6) is 0 Å². The molecule has 0 aliphatic carbocycles. The van der Waals surface area contributed by atoms with Gasteiger partial charge in [0.15, 0.2) is 0 Å². The van der Waals surface area contributed by atoms with Crippen LogP contribution in [-0.2, 0) is 0 Å². The zero-order valence-electron chi connectivity index (χ0n) is 17.3. The maximum Gasteiger partial charge on any atom is 0.271 e. The van der Waals surface area contributed by atoms with Crippen LogP contribution in [0.1, 0.15) is 34.2 Å². The number of amides is 1. The number of nitrogens with zero attached hydrogens (tertiary/aromatic N) is 3. The number of rotatable bonds is 5. The number of hydrogen-bond acceptors (Lipinski definition) is 2. The molecule has 4 aromatic rings. The monoisotopic (exact) mass is 396 g/mol. The Morgan fingerprint density at radius 1 is 0.767 bits per heavy atom. The first kappa shape index (κ1) is 19.5. The van der Waals surface area contributed by atoms with E-state index in [1.54, 1.807) is 0 Å². The van der Waals surface area contributed by atoms with Crippen molar-refractivity contribution in [3.63, 3.8) is 0 Å². The van der Waals surface area contributed by atoms with E-state index in [1.165, 1.54) is 0 Å². The molecule has 0 unspecified atom stereocenters. The molecular weight excluding hydrogens is 372 g/mol. The van der Waals surface area contributed by atoms with Gasteiger partial charge in [-0.05, 0) is 87.0 Å². The quantitative estimate of drug-likeness (QED) is 0.373. The number of carbonyl (C=O) groups excluding carboxylic acids is 1. The molecule has 0 radical (unpaired) electrons. The molecule has 0 fully saturated rings. The van der Waals surface area contributed by atoms with E-state index < -0.39 is 0 Å². The maximum absolute atomic E-state index is 12.5. The van der Waals surface area contributed by atoms with Gasteiger partial charge < -0.3 is 9.13 Å². The molecule has 0 atom stereocenters. The molecule has 2 aromatic carbocycles. The van der Waals surface area contributed by atoms with Gasteiger partial charge in [0.1, 0.15) is 0 Å². The average Bonchev–Trinajstić information content (AvgIpc) is 3.42. The summed E-state index contributed by atoms with van der Waals surface area (Å²) in [5, 5.41) is 4.27. The summed E-state index contributed by atoms with van der Waals surface area (Å²) in [7, 11) is 0. The van der Waals surface area contributed by atoms with Gasteiger partial charge in [0, 0.05) is 40.7 Å². The van der Waals surface area contributed by atoms with Crippen LogP contribution in [-0.4, -0.2) is 20.8 Å². The lowest BCUT2D eigenvalue weighted by molar-refractivity contribution is 0.0955. The Morgan fingerprint density at radius 2 is 1.30 bits per heavy atom. The standard InChI is InChI=1S/C25H24N4O/c1-18-6-7-19(2)29(18)24-14-10-22(11-15-24)25(30)27-26-20(3)21-8-12-23(13-9-21)28-16-4-5-17-28/h4-17H,1-3H3,(H,27,30)/b26-20+. The Balaban J connectivity index is 1.44. The van der Waals surface area contributed by atoms with Crippen LogP contribution in [0.15, 0.2) is 90.3 Å². The first-order chi connectivity index (χ1) is 14.5. The number of nitrogens with one attached hydrogen (secondary N) is 1. The summed E-state index contributed by atoms with van der Waals surface area (Å²) in [4.78, 5) is 12.5. The van der Waals surface area contributed by atoms with Crippen LogP contribution in [0.4, 0.5) is 0 Å². The number of aryl methyl sites for hydroxylation is 2. The minimum atomic E-state index is -0.231. The van der Waals surface area contributed by atoms with Crippen molar-refractivity contribution >= 4 is 11.6 Å². The summed E-state index contributed by atoms with van der Waals surface area (Å²) in [6.07, 6.45) is 4.00. The van der Waals surface area contributed by atoms with Crippen LogP contribution in [0, 0.1) is 13.8 Å². The SMILES string of the molecule is C/C(=N\NC(=O)c1ccc(-n2c(C)ccc2C)cc1)c1ccc(-n2cccc2)cc1. The molecule has 30 heavy (non-hydrogen) atoms. The summed E-state index contributed by atoms with van der Waals surface area (Å²) in [6, 6.07) is 23.7. The average molecular weight is 396 g/mol. The molecule has 0 saturated carbocycles. The fourth-order valence-corrected chi connectivity index (χ4v) is 3.48. The molecule has 0 bridgehead atoms. The minimum Gasteiger partial charge on any atom is -0.324 e. The number of benzene rings is 2. The van der Waals surface area contributed by atoms with Crippen molar-refractivity contribution in [3.8, 4) is 11.4 Å². The lowest BCUT2D eigenvalue weighted by atomic mass is 10.1. The predicted octanol–water partition coefficient (Wildman–Crippen LogP) is 5.04. The molecule has 2 heterocycles. The lowest BCUT2D eigenvalue weighted by Crippen LogP contribution is -2.19. The molecule has 0 aliphatic heterocycles. The molecule has 0 saturated heterocycles. The zero-order valence-corrected chi connectivity index (χ0v) is 17.3. The van der Waals surface area contributed by atoms with Crippen LogP contribution in [0.2, 0.25) is 0 Å². The van der Waals surface area contributed by atoms with Crippen LogP contribution >= 0.6 is 0 Å². The van der Waals surface area contributed by atoms with Crippen molar-refractivity contribution in [2.45, 2.75) is 20.8 Å².